The molecule has 0 heterocycles. The molecule has 166 valence electrons. The van der Waals surface area contributed by atoms with Gasteiger partial charge in [0, 0.05) is 0 Å². The van der Waals surface area contributed by atoms with Crippen LogP contribution in [0, 0.1) is 23.1 Å². The van der Waals surface area contributed by atoms with E-state index in [0.717, 1.165) is 0 Å². The summed E-state index contributed by atoms with van der Waals surface area (Å²) >= 11 is 0. The molecule has 0 unspecified atom stereocenters. The molecule has 2 rings (SSSR count). The van der Waals surface area contributed by atoms with Gasteiger partial charge in [0.15, 0.2) is 0 Å². The predicted molar refractivity (Wildman–Crippen MR) is 115 cm³/mol. The van der Waals surface area contributed by atoms with Crippen molar-refractivity contribution in [3.05, 3.63) is 66.5 Å². The zero-order valence-electron chi connectivity index (χ0n) is 17.6. The number of carbonyl (C=O) groups is 1. The number of aliphatic hydroxyl groups is 2. The lowest BCUT2D eigenvalue weighted by Gasteiger charge is -2.24. The fourth-order valence-electron chi connectivity index (χ4n) is 2.55. The van der Waals surface area contributed by atoms with Crippen molar-refractivity contribution in [2.75, 3.05) is 6.61 Å². The molecule has 3 N–H and O–H groups in total. The lowest BCUT2D eigenvalue weighted by atomic mass is 9.83. The minimum atomic E-state index is -0.885. The lowest BCUT2D eigenvalue weighted by Crippen LogP contribution is -2.28. The van der Waals surface area contributed by atoms with Crippen molar-refractivity contribution in [1.29, 1.82) is 0 Å². The number of rotatable bonds is 11. The molecule has 0 spiro atoms. The molecule has 0 amide bonds. The van der Waals surface area contributed by atoms with E-state index in [2.05, 4.69) is 17.3 Å². The van der Waals surface area contributed by atoms with Crippen molar-refractivity contribution >= 4 is 5.97 Å². The molecule has 1 aromatic rings. The van der Waals surface area contributed by atoms with Crippen LogP contribution in [-0.2, 0) is 9.63 Å². The van der Waals surface area contributed by atoms with Crippen LogP contribution in [0.1, 0.15) is 26.7 Å². The summed E-state index contributed by atoms with van der Waals surface area (Å²) in [6, 6.07) is 5.57. The van der Waals surface area contributed by atoms with Crippen LogP contribution in [0.15, 0.2) is 60.7 Å². The van der Waals surface area contributed by atoms with Gasteiger partial charge in [-0.3, -0.25) is 4.79 Å². The number of hydrogen-bond donors (Lipinski definition) is 3. The van der Waals surface area contributed by atoms with Gasteiger partial charge >= 0.3 is 5.97 Å². The Morgan fingerprint density at radius 3 is 2.65 bits per heavy atom. The first-order chi connectivity index (χ1) is 14.7. The number of aliphatic hydroxyl groups excluding tert-OH is 2. The molecule has 0 saturated carbocycles. The van der Waals surface area contributed by atoms with E-state index in [0.29, 0.717) is 12.2 Å². The summed E-state index contributed by atoms with van der Waals surface area (Å²) in [5.74, 6) is 5.16. The molecule has 31 heavy (non-hydrogen) atoms. The molecule has 1 aromatic carbocycles. The van der Waals surface area contributed by atoms with E-state index < -0.39 is 17.6 Å². The molecule has 0 aliphatic heterocycles. The molecular weight excluding hydrogens is 401 g/mol. The summed E-state index contributed by atoms with van der Waals surface area (Å²) in [5, 5.41) is 19.9. The van der Waals surface area contributed by atoms with Crippen LogP contribution in [0.5, 0.6) is 5.75 Å². The molecule has 0 bridgehead atoms. The number of benzene rings is 1. The Labute approximate surface area is 182 Å². The van der Waals surface area contributed by atoms with Gasteiger partial charge in [-0.25, -0.2) is 4.39 Å². The summed E-state index contributed by atoms with van der Waals surface area (Å²) in [5.41, 5.74) is 2.14. The first-order valence-corrected chi connectivity index (χ1v) is 9.96. The van der Waals surface area contributed by atoms with E-state index in [1.165, 1.54) is 30.3 Å². The van der Waals surface area contributed by atoms with Gasteiger partial charge < -0.3 is 19.8 Å². The third kappa shape index (κ3) is 11.2. The third-order valence-electron chi connectivity index (χ3n) is 4.17. The van der Waals surface area contributed by atoms with Gasteiger partial charge in [0.1, 0.15) is 30.4 Å². The Morgan fingerprint density at radius 2 is 1.97 bits per heavy atom. The topological polar surface area (TPSA) is 88.0 Å². The van der Waals surface area contributed by atoms with Crippen molar-refractivity contribution in [3.63, 3.8) is 0 Å². The highest BCUT2D eigenvalue weighted by Crippen LogP contribution is 2.27. The highest BCUT2D eigenvalue weighted by Gasteiger charge is 2.26. The molecule has 1 aliphatic rings. The van der Waals surface area contributed by atoms with Crippen molar-refractivity contribution < 1.29 is 29.0 Å². The van der Waals surface area contributed by atoms with Gasteiger partial charge in [0.2, 0.25) is 0 Å². The molecule has 1 aliphatic carbocycles. The van der Waals surface area contributed by atoms with E-state index >= 15 is 0 Å². The maximum atomic E-state index is 12.8. The van der Waals surface area contributed by atoms with Gasteiger partial charge in [0.25, 0.3) is 0 Å². The van der Waals surface area contributed by atoms with E-state index in [-0.39, 0.29) is 30.9 Å². The average Bonchev–Trinajstić information content (AvgIpc) is 3.52. The van der Waals surface area contributed by atoms with Crippen LogP contribution in [0.25, 0.3) is 0 Å². The third-order valence-corrected chi connectivity index (χ3v) is 4.17. The average molecular weight is 429 g/mol. The number of hydroxylamine groups is 1. The maximum absolute atomic E-state index is 12.8. The van der Waals surface area contributed by atoms with Gasteiger partial charge in [-0.15, -0.1) is 5.48 Å². The Hall–Kier alpha value is -2.92. The largest absolute Gasteiger partial charge is 0.491 e. The van der Waals surface area contributed by atoms with Crippen molar-refractivity contribution in [2.24, 2.45) is 5.41 Å². The Morgan fingerprint density at radius 1 is 1.26 bits per heavy atom. The molecule has 0 fully saturated rings. The quantitative estimate of drug-likeness (QED) is 0.217. The van der Waals surface area contributed by atoms with Gasteiger partial charge in [-0.2, -0.15) is 0 Å². The van der Waals surface area contributed by atoms with Crippen LogP contribution in [0.4, 0.5) is 4.39 Å². The van der Waals surface area contributed by atoms with Gasteiger partial charge in [0.05, 0.1) is 12.5 Å². The van der Waals surface area contributed by atoms with Crippen molar-refractivity contribution in [3.8, 4) is 17.6 Å². The zero-order chi connectivity index (χ0) is 22.7. The van der Waals surface area contributed by atoms with Crippen molar-refractivity contribution in [1.82, 2.24) is 5.48 Å². The van der Waals surface area contributed by atoms with Crippen LogP contribution < -0.4 is 10.2 Å². The normalized spacial score (nSPS) is 15.5. The van der Waals surface area contributed by atoms with E-state index in [9.17, 15) is 19.4 Å². The second kappa shape index (κ2) is 12.1. The number of ether oxygens (including phenoxy) is 1. The van der Waals surface area contributed by atoms with Crippen LogP contribution >= 0.6 is 0 Å². The number of nitrogens with one attached hydrogen (secondary N) is 1. The highest BCUT2D eigenvalue weighted by atomic mass is 19.1. The summed E-state index contributed by atoms with van der Waals surface area (Å²) < 4.78 is 18.2. The molecular formula is C24H28FNO5. The number of halogens is 1. The van der Waals surface area contributed by atoms with Gasteiger partial charge in [-0.1, -0.05) is 56.1 Å². The molecule has 0 aromatic heterocycles. The van der Waals surface area contributed by atoms with Gasteiger partial charge in [-0.05, 0) is 42.2 Å². The van der Waals surface area contributed by atoms with E-state index in [1.807, 2.05) is 26.0 Å². The molecule has 0 radical (unpaired) electrons. The zero-order valence-corrected chi connectivity index (χ0v) is 17.6. The molecule has 6 nitrogen and oxygen atoms in total. The minimum absolute atomic E-state index is 0.0323. The van der Waals surface area contributed by atoms with Crippen LogP contribution in [0.3, 0.4) is 0 Å². The standard InChI is InChI=1S/C24H28FNO5/c1-24(2,16-23(29)31-26-19-11-12-19)15-20(27)7-5-3-4-6-8-21(28)17-30-22-13-9-18(25)10-14-22/h3-4,6,8-14,19-21,26-28H,15-17H2,1-2H3/b4-3+,8-6+/t20-,21+/m1/s1. The van der Waals surface area contributed by atoms with Crippen LogP contribution in [0.2, 0.25) is 0 Å². The molecule has 0 saturated heterocycles. The first-order valence-electron chi connectivity index (χ1n) is 9.96. The Balaban J connectivity index is 1.65. The lowest BCUT2D eigenvalue weighted by molar-refractivity contribution is -0.153. The van der Waals surface area contributed by atoms with Crippen molar-refractivity contribution in [2.45, 2.75) is 44.9 Å². The summed E-state index contributed by atoms with van der Waals surface area (Å²) in [7, 11) is 0. The van der Waals surface area contributed by atoms with E-state index in [4.69, 9.17) is 9.57 Å². The number of allylic oxidation sites excluding steroid dienone is 3. The maximum Gasteiger partial charge on any atom is 0.325 e. The number of hydrogen-bond acceptors (Lipinski definition) is 6. The molecule has 2 atom stereocenters. The smallest absolute Gasteiger partial charge is 0.325 e. The van der Waals surface area contributed by atoms with E-state index in [1.54, 1.807) is 18.2 Å². The Kier molecular flexibility index (Phi) is 9.47. The summed E-state index contributed by atoms with van der Waals surface area (Å²) in [4.78, 5) is 16.7. The highest BCUT2D eigenvalue weighted by molar-refractivity contribution is 5.70. The fraction of sp³-hybridized carbons (Fsp3) is 0.375. The monoisotopic (exact) mass is 429 g/mol. The van der Waals surface area contributed by atoms with Crippen LogP contribution in [-0.4, -0.2) is 41.0 Å². The fourth-order valence-corrected chi connectivity index (χ4v) is 2.55. The molecule has 7 heteroatoms. The minimum Gasteiger partial charge on any atom is -0.491 e. The Bertz CT molecular complexity index is 858. The first kappa shape index (κ1) is 24.4. The summed E-state index contributed by atoms with van der Waals surface area (Å²) in [6.07, 6.45) is 8.79. The second-order valence-electron chi connectivity index (χ2n) is 7.93. The predicted octanol–water partition coefficient (Wildman–Crippen LogP) is 2.83. The summed E-state index contributed by atoms with van der Waals surface area (Å²) in [6.45, 7) is 3.76. The number of carbonyl (C=O) groups excluding carboxylic acids is 1. The SMILES string of the molecule is CC(C)(CC(=O)ONC1C=C1)C[C@H](O)C#C/C=C/C=C/[C@H](O)COc1ccc(F)cc1. The second-order valence-corrected chi connectivity index (χ2v) is 7.93.